The molecule has 0 aliphatic carbocycles. The Morgan fingerprint density at radius 2 is 2.05 bits per heavy atom. The predicted octanol–water partition coefficient (Wildman–Crippen LogP) is 4.98. The molecule has 11 heteroatoms. The van der Waals surface area contributed by atoms with E-state index in [1.807, 2.05) is 18.2 Å². The molecule has 2 aliphatic rings. The van der Waals surface area contributed by atoms with Gasteiger partial charge in [-0.05, 0) is 49.2 Å². The minimum absolute atomic E-state index is 0.0390. The molecule has 0 amide bonds. The van der Waals surface area contributed by atoms with Gasteiger partial charge in [-0.1, -0.05) is 23.7 Å². The molecule has 0 spiro atoms. The Balaban J connectivity index is 1.10. The molecule has 0 radical (unpaired) electrons. The van der Waals surface area contributed by atoms with Crippen LogP contribution in [0.15, 0.2) is 54.6 Å². The van der Waals surface area contributed by atoms with Crippen LogP contribution < -0.4 is 10.1 Å². The monoisotopic (exact) mass is 565 g/mol. The lowest BCUT2D eigenvalue weighted by Gasteiger charge is -2.28. The zero-order valence-electron chi connectivity index (χ0n) is 21.7. The molecule has 40 heavy (non-hydrogen) atoms. The van der Waals surface area contributed by atoms with E-state index >= 15 is 0 Å². The Morgan fingerprint density at radius 1 is 1.18 bits per heavy atom. The first-order valence-electron chi connectivity index (χ1n) is 13.3. The molecule has 2 fully saturated rings. The summed E-state index contributed by atoms with van der Waals surface area (Å²) in [6, 6.07) is 15.1. The summed E-state index contributed by atoms with van der Waals surface area (Å²) in [7, 11) is 0. The number of fused-ring (bicyclic) bond motifs is 1. The molecule has 0 bridgehead atoms. The Kier molecular flexibility index (Phi) is 7.55. The average molecular weight is 566 g/mol. The van der Waals surface area contributed by atoms with Gasteiger partial charge in [-0.15, -0.1) is 0 Å². The number of ether oxygens (including phenoxy) is 2. The fourth-order valence-electron chi connectivity index (χ4n) is 5.10. The number of nitrogens with zero attached hydrogens (tertiary/aromatic N) is 4. The first kappa shape index (κ1) is 26.5. The van der Waals surface area contributed by atoms with Crippen molar-refractivity contribution >= 4 is 34.4 Å². The molecule has 4 aromatic rings. The highest BCUT2D eigenvalue weighted by Gasteiger charge is 2.28. The Hall–Kier alpha value is -3.73. The van der Waals surface area contributed by atoms with Crippen LogP contribution in [-0.2, 0) is 24.4 Å². The van der Waals surface area contributed by atoms with Crippen LogP contribution in [-0.4, -0.2) is 62.4 Å². The number of aromatic carboxylic acids is 1. The summed E-state index contributed by atoms with van der Waals surface area (Å²) in [5.41, 5.74) is 2.33. The summed E-state index contributed by atoms with van der Waals surface area (Å²) in [5.74, 6) is 0.654. The standard InChI is InChI=1S/C29H29ClFN5O4/c30-20-6-4-19(23(31)13-20)14-32-26-2-1-3-28(34-26)40-22-8-10-35(15-22)17-27-33-24-7-5-18(29(37)38)12-25(24)36(27)16-21-9-11-39-21/h1-7,12-13,21-22H,8-11,14-17H2,(H,32,34)(H,37,38)/t21-,22?/m0/s1. The molecular formula is C29H29ClFN5O4. The largest absolute Gasteiger partial charge is 0.478 e. The molecule has 2 atom stereocenters. The van der Waals surface area contributed by atoms with E-state index in [0.717, 1.165) is 42.9 Å². The number of imidazole rings is 1. The van der Waals surface area contributed by atoms with Crippen molar-refractivity contribution in [2.75, 3.05) is 25.0 Å². The number of rotatable bonds is 10. The van der Waals surface area contributed by atoms with Crippen LogP contribution in [0.4, 0.5) is 10.2 Å². The van der Waals surface area contributed by atoms with Gasteiger partial charge in [-0.3, -0.25) is 4.90 Å². The van der Waals surface area contributed by atoms with Gasteiger partial charge in [-0.25, -0.2) is 14.2 Å². The van der Waals surface area contributed by atoms with Gasteiger partial charge in [0, 0.05) is 42.9 Å². The number of aromatic nitrogens is 3. The molecule has 1 unspecified atom stereocenters. The normalized spacial score (nSPS) is 19.1. The number of likely N-dealkylation sites (tertiary alicyclic amines) is 1. The summed E-state index contributed by atoms with van der Waals surface area (Å²) in [4.78, 5) is 23.2. The predicted molar refractivity (Wildman–Crippen MR) is 148 cm³/mol. The topological polar surface area (TPSA) is 102 Å². The van der Waals surface area contributed by atoms with Crippen LogP contribution in [0.3, 0.4) is 0 Å². The third-order valence-electron chi connectivity index (χ3n) is 7.33. The molecule has 2 N–H and O–H groups in total. The summed E-state index contributed by atoms with van der Waals surface area (Å²) in [6.45, 7) is 3.83. The first-order valence-corrected chi connectivity index (χ1v) is 13.7. The number of nitrogens with one attached hydrogen (secondary N) is 1. The second-order valence-corrected chi connectivity index (χ2v) is 10.6. The van der Waals surface area contributed by atoms with Crippen LogP contribution in [0.2, 0.25) is 5.02 Å². The van der Waals surface area contributed by atoms with E-state index in [2.05, 4.69) is 19.8 Å². The van der Waals surface area contributed by atoms with E-state index < -0.39 is 5.97 Å². The maximum Gasteiger partial charge on any atom is 0.335 e. The van der Waals surface area contributed by atoms with E-state index in [1.165, 1.54) is 6.07 Å². The maximum absolute atomic E-state index is 14.1. The fraction of sp³-hybridized carbons (Fsp3) is 0.345. The van der Waals surface area contributed by atoms with Crippen molar-refractivity contribution in [3.05, 3.63) is 82.4 Å². The number of hydrogen-bond acceptors (Lipinski definition) is 7. The van der Waals surface area contributed by atoms with E-state index in [0.29, 0.717) is 41.9 Å². The summed E-state index contributed by atoms with van der Waals surface area (Å²) < 4.78 is 28.1. The lowest BCUT2D eigenvalue weighted by molar-refractivity contribution is -0.0591. The van der Waals surface area contributed by atoms with Gasteiger partial charge in [-0.2, -0.15) is 4.98 Å². The van der Waals surface area contributed by atoms with Crippen LogP contribution in [0.5, 0.6) is 5.88 Å². The SMILES string of the molecule is O=C(O)c1ccc2nc(CN3CCC(Oc4cccc(NCc5ccc(Cl)cc5F)n4)C3)n(C[C@@H]3CCO3)c2c1. The first-order chi connectivity index (χ1) is 19.4. The highest BCUT2D eigenvalue weighted by Crippen LogP contribution is 2.25. The maximum atomic E-state index is 14.1. The Labute approximate surface area is 235 Å². The van der Waals surface area contributed by atoms with Crippen LogP contribution in [0, 0.1) is 5.82 Å². The van der Waals surface area contributed by atoms with Crippen LogP contribution in [0.1, 0.15) is 34.6 Å². The quantitative estimate of drug-likeness (QED) is 0.278. The van der Waals surface area contributed by atoms with Crippen molar-refractivity contribution in [2.24, 2.45) is 0 Å². The third-order valence-corrected chi connectivity index (χ3v) is 7.57. The van der Waals surface area contributed by atoms with Gasteiger partial charge in [0.25, 0.3) is 0 Å². The number of anilines is 1. The number of carbonyl (C=O) groups is 1. The van der Waals surface area contributed by atoms with Gasteiger partial charge in [0.05, 0.1) is 35.8 Å². The van der Waals surface area contributed by atoms with Crippen molar-refractivity contribution in [1.82, 2.24) is 19.4 Å². The van der Waals surface area contributed by atoms with Crippen molar-refractivity contribution in [1.29, 1.82) is 0 Å². The summed E-state index contributed by atoms with van der Waals surface area (Å²) >= 11 is 5.84. The molecule has 0 saturated carbocycles. The minimum atomic E-state index is -0.958. The molecule has 2 saturated heterocycles. The van der Waals surface area contributed by atoms with Gasteiger partial charge in [0.15, 0.2) is 0 Å². The third kappa shape index (κ3) is 5.89. The number of pyridine rings is 1. The number of hydrogen-bond donors (Lipinski definition) is 2. The van der Waals surface area contributed by atoms with Gasteiger partial charge in [0.1, 0.15) is 23.6 Å². The highest BCUT2D eigenvalue weighted by atomic mass is 35.5. The van der Waals surface area contributed by atoms with Crippen molar-refractivity contribution in [2.45, 2.75) is 44.7 Å². The molecule has 2 aromatic heterocycles. The molecule has 9 nitrogen and oxygen atoms in total. The van der Waals surface area contributed by atoms with Gasteiger partial charge >= 0.3 is 5.97 Å². The summed E-state index contributed by atoms with van der Waals surface area (Å²) in [6.07, 6.45) is 1.89. The second-order valence-electron chi connectivity index (χ2n) is 10.1. The molecule has 2 aliphatic heterocycles. The smallest absolute Gasteiger partial charge is 0.335 e. The molecule has 208 valence electrons. The summed E-state index contributed by atoms with van der Waals surface area (Å²) in [5, 5.41) is 13.0. The lowest BCUT2D eigenvalue weighted by atomic mass is 10.1. The lowest BCUT2D eigenvalue weighted by Crippen LogP contribution is -2.33. The number of halogens is 2. The van der Waals surface area contributed by atoms with E-state index in [-0.39, 0.29) is 30.1 Å². The second kappa shape index (κ2) is 11.4. The van der Waals surface area contributed by atoms with E-state index in [1.54, 1.807) is 30.3 Å². The van der Waals surface area contributed by atoms with E-state index in [9.17, 15) is 14.3 Å². The van der Waals surface area contributed by atoms with Crippen LogP contribution >= 0.6 is 11.6 Å². The Bertz CT molecular complexity index is 1540. The van der Waals surface area contributed by atoms with Crippen molar-refractivity contribution < 1.29 is 23.8 Å². The van der Waals surface area contributed by atoms with Crippen LogP contribution in [0.25, 0.3) is 11.0 Å². The van der Waals surface area contributed by atoms with Gasteiger partial charge < -0.3 is 24.5 Å². The highest BCUT2D eigenvalue weighted by molar-refractivity contribution is 6.30. The average Bonchev–Trinajstić information content (AvgIpc) is 3.49. The number of benzene rings is 2. The zero-order valence-corrected chi connectivity index (χ0v) is 22.5. The minimum Gasteiger partial charge on any atom is -0.478 e. The molecule has 4 heterocycles. The zero-order chi connectivity index (χ0) is 27.6. The molecule has 2 aromatic carbocycles. The number of carboxylic acid groups (broad SMARTS) is 1. The van der Waals surface area contributed by atoms with Crippen molar-refractivity contribution in [3.63, 3.8) is 0 Å². The molecule has 6 rings (SSSR count). The Morgan fingerprint density at radius 3 is 2.83 bits per heavy atom. The fourth-order valence-corrected chi connectivity index (χ4v) is 5.26. The van der Waals surface area contributed by atoms with Crippen molar-refractivity contribution in [3.8, 4) is 5.88 Å². The number of carboxylic acids is 1. The molecular weight excluding hydrogens is 537 g/mol. The van der Waals surface area contributed by atoms with Gasteiger partial charge in [0.2, 0.25) is 5.88 Å². The van der Waals surface area contributed by atoms with E-state index in [4.69, 9.17) is 26.1 Å².